The number of nitrogens with one attached hydrogen (secondary N) is 1. The Hall–Kier alpha value is -0.610. The summed E-state index contributed by atoms with van der Waals surface area (Å²) < 4.78 is 0. The Morgan fingerprint density at radius 1 is 1.50 bits per heavy atom. The van der Waals surface area contributed by atoms with Gasteiger partial charge < -0.3 is 10.2 Å². The van der Waals surface area contributed by atoms with Crippen molar-refractivity contribution in [2.45, 2.75) is 6.92 Å². The van der Waals surface area contributed by atoms with Gasteiger partial charge in [0, 0.05) is 26.2 Å². The third kappa shape index (κ3) is 1.59. The second kappa shape index (κ2) is 3.41. The molecule has 2 heterocycles. The van der Waals surface area contributed by atoms with Gasteiger partial charge in [-0.3, -0.25) is 0 Å². The van der Waals surface area contributed by atoms with E-state index in [0.29, 0.717) is 0 Å². The van der Waals surface area contributed by atoms with Crippen molar-refractivity contribution in [3.63, 3.8) is 0 Å². The number of thiazole rings is 1. The van der Waals surface area contributed by atoms with E-state index in [1.807, 2.05) is 6.20 Å². The Bertz CT molecular complexity index is 253. The summed E-state index contributed by atoms with van der Waals surface area (Å²) in [4.78, 5) is 6.64. The minimum atomic E-state index is 1.09. The number of rotatable bonds is 1. The van der Waals surface area contributed by atoms with Crippen LogP contribution in [0.1, 0.15) is 5.01 Å². The van der Waals surface area contributed by atoms with E-state index in [1.165, 1.54) is 5.00 Å². The lowest BCUT2D eigenvalue weighted by atomic mass is 10.4. The molecule has 0 aliphatic carbocycles. The fourth-order valence-corrected chi connectivity index (χ4v) is 2.21. The van der Waals surface area contributed by atoms with E-state index in [2.05, 4.69) is 22.1 Å². The van der Waals surface area contributed by atoms with Gasteiger partial charge in [0.15, 0.2) is 0 Å². The molecule has 0 saturated carbocycles. The highest BCUT2D eigenvalue weighted by atomic mass is 32.1. The van der Waals surface area contributed by atoms with Gasteiger partial charge in [0.2, 0.25) is 0 Å². The minimum absolute atomic E-state index is 1.09. The SMILES string of the molecule is Cc1ncc(N2CCNCC2)s1. The second-order valence-electron chi connectivity index (χ2n) is 2.95. The first kappa shape index (κ1) is 8.01. The molecule has 0 amide bonds. The molecule has 1 N–H and O–H groups in total. The van der Waals surface area contributed by atoms with Crippen LogP contribution in [0.25, 0.3) is 0 Å². The van der Waals surface area contributed by atoms with Crippen LogP contribution in [-0.4, -0.2) is 31.2 Å². The molecular weight excluding hydrogens is 170 g/mol. The highest BCUT2D eigenvalue weighted by Crippen LogP contribution is 2.22. The van der Waals surface area contributed by atoms with Gasteiger partial charge in [-0.1, -0.05) is 0 Å². The van der Waals surface area contributed by atoms with Crippen LogP contribution in [0.2, 0.25) is 0 Å². The smallest absolute Gasteiger partial charge is 0.111 e. The van der Waals surface area contributed by atoms with E-state index < -0.39 is 0 Å². The monoisotopic (exact) mass is 183 g/mol. The second-order valence-corrected chi connectivity index (χ2v) is 4.17. The van der Waals surface area contributed by atoms with E-state index >= 15 is 0 Å². The molecule has 1 aliphatic rings. The van der Waals surface area contributed by atoms with Crippen molar-refractivity contribution >= 4 is 16.3 Å². The van der Waals surface area contributed by atoms with Crippen molar-refractivity contribution < 1.29 is 0 Å². The number of piperazine rings is 1. The van der Waals surface area contributed by atoms with Crippen molar-refractivity contribution in [2.24, 2.45) is 0 Å². The maximum Gasteiger partial charge on any atom is 0.111 e. The molecule has 2 rings (SSSR count). The van der Waals surface area contributed by atoms with Crippen molar-refractivity contribution in [1.82, 2.24) is 10.3 Å². The van der Waals surface area contributed by atoms with Crippen LogP contribution in [0, 0.1) is 6.92 Å². The van der Waals surface area contributed by atoms with Crippen molar-refractivity contribution in [3.8, 4) is 0 Å². The first-order valence-electron chi connectivity index (χ1n) is 4.24. The number of hydrogen-bond acceptors (Lipinski definition) is 4. The predicted molar refractivity (Wildman–Crippen MR) is 51.9 cm³/mol. The van der Waals surface area contributed by atoms with E-state index in [0.717, 1.165) is 31.2 Å². The maximum absolute atomic E-state index is 4.25. The lowest BCUT2D eigenvalue weighted by Gasteiger charge is -2.27. The van der Waals surface area contributed by atoms with Gasteiger partial charge in [0.1, 0.15) is 5.00 Å². The average Bonchev–Trinajstić information content (AvgIpc) is 2.54. The molecule has 1 aromatic rings. The summed E-state index contributed by atoms with van der Waals surface area (Å²) in [5.74, 6) is 0. The van der Waals surface area contributed by atoms with E-state index in [1.54, 1.807) is 11.3 Å². The van der Waals surface area contributed by atoms with Gasteiger partial charge in [-0.15, -0.1) is 11.3 Å². The third-order valence-electron chi connectivity index (χ3n) is 2.04. The molecule has 1 aliphatic heterocycles. The molecule has 1 saturated heterocycles. The van der Waals surface area contributed by atoms with Gasteiger partial charge in [0.25, 0.3) is 0 Å². The zero-order chi connectivity index (χ0) is 8.39. The number of nitrogens with zero attached hydrogens (tertiary/aromatic N) is 2. The Kier molecular flexibility index (Phi) is 2.28. The summed E-state index contributed by atoms with van der Waals surface area (Å²) in [6.45, 7) is 6.47. The van der Waals surface area contributed by atoms with Crippen molar-refractivity contribution in [2.75, 3.05) is 31.1 Å². The zero-order valence-electron chi connectivity index (χ0n) is 7.21. The van der Waals surface area contributed by atoms with Crippen LogP contribution in [-0.2, 0) is 0 Å². The molecule has 0 bridgehead atoms. The van der Waals surface area contributed by atoms with Crippen LogP contribution < -0.4 is 10.2 Å². The highest BCUT2D eigenvalue weighted by Gasteiger charge is 2.11. The molecule has 0 atom stereocenters. The van der Waals surface area contributed by atoms with Gasteiger partial charge in [-0.05, 0) is 6.92 Å². The fraction of sp³-hybridized carbons (Fsp3) is 0.625. The predicted octanol–water partition coefficient (Wildman–Crippen LogP) is 0.861. The van der Waals surface area contributed by atoms with Crippen LogP contribution in [0.4, 0.5) is 5.00 Å². The first-order chi connectivity index (χ1) is 5.86. The number of hydrogen-bond donors (Lipinski definition) is 1. The molecule has 0 unspecified atom stereocenters. The Balaban J connectivity index is 2.08. The molecule has 12 heavy (non-hydrogen) atoms. The largest absolute Gasteiger partial charge is 0.360 e. The normalized spacial score (nSPS) is 18.2. The molecule has 4 heteroatoms. The van der Waals surface area contributed by atoms with Crippen LogP contribution >= 0.6 is 11.3 Å². The Labute approximate surface area is 76.4 Å². The summed E-state index contributed by atoms with van der Waals surface area (Å²) in [6, 6.07) is 0. The Morgan fingerprint density at radius 2 is 2.25 bits per heavy atom. The Morgan fingerprint density at radius 3 is 2.83 bits per heavy atom. The topological polar surface area (TPSA) is 28.2 Å². The zero-order valence-corrected chi connectivity index (χ0v) is 8.02. The fourth-order valence-electron chi connectivity index (χ4n) is 1.38. The summed E-state index contributed by atoms with van der Waals surface area (Å²) >= 11 is 1.78. The van der Waals surface area contributed by atoms with Crippen LogP contribution in [0.5, 0.6) is 0 Å². The molecule has 0 radical (unpaired) electrons. The van der Waals surface area contributed by atoms with Crippen LogP contribution in [0.15, 0.2) is 6.20 Å². The molecule has 1 fully saturated rings. The molecule has 66 valence electrons. The molecule has 0 spiro atoms. The summed E-state index contributed by atoms with van der Waals surface area (Å²) in [6.07, 6.45) is 1.98. The number of aryl methyl sites for hydroxylation is 1. The average molecular weight is 183 g/mol. The molecular formula is C8H13N3S. The van der Waals surface area contributed by atoms with Gasteiger partial charge in [-0.25, -0.2) is 4.98 Å². The van der Waals surface area contributed by atoms with E-state index in [9.17, 15) is 0 Å². The highest BCUT2D eigenvalue weighted by molar-refractivity contribution is 7.15. The minimum Gasteiger partial charge on any atom is -0.360 e. The van der Waals surface area contributed by atoms with Gasteiger partial charge in [-0.2, -0.15) is 0 Å². The summed E-state index contributed by atoms with van der Waals surface area (Å²) in [7, 11) is 0. The maximum atomic E-state index is 4.25. The summed E-state index contributed by atoms with van der Waals surface area (Å²) in [5, 5.41) is 5.80. The number of aromatic nitrogens is 1. The van der Waals surface area contributed by atoms with Gasteiger partial charge >= 0.3 is 0 Å². The van der Waals surface area contributed by atoms with Crippen LogP contribution in [0.3, 0.4) is 0 Å². The molecule has 1 aromatic heterocycles. The van der Waals surface area contributed by atoms with Gasteiger partial charge in [0.05, 0.1) is 11.2 Å². The summed E-state index contributed by atoms with van der Waals surface area (Å²) in [5.41, 5.74) is 0. The van der Waals surface area contributed by atoms with E-state index in [-0.39, 0.29) is 0 Å². The van der Waals surface area contributed by atoms with Crippen molar-refractivity contribution in [1.29, 1.82) is 0 Å². The van der Waals surface area contributed by atoms with Crippen molar-refractivity contribution in [3.05, 3.63) is 11.2 Å². The lowest BCUT2D eigenvalue weighted by Crippen LogP contribution is -2.43. The number of anilines is 1. The van der Waals surface area contributed by atoms with E-state index in [4.69, 9.17) is 0 Å². The third-order valence-corrected chi connectivity index (χ3v) is 3.01. The molecule has 0 aromatic carbocycles. The molecule has 3 nitrogen and oxygen atoms in total. The quantitative estimate of drug-likeness (QED) is 0.700. The lowest BCUT2D eigenvalue weighted by molar-refractivity contribution is 0.591. The standard InChI is InChI=1S/C8H13N3S/c1-7-10-6-8(12-7)11-4-2-9-3-5-11/h6,9H,2-5H2,1H3. The first-order valence-corrected chi connectivity index (χ1v) is 5.06.